The number of nitrogens with zero attached hydrogens (tertiary/aromatic N) is 1. The van der Waals surface area contributed by atoms with Crippen LogP contribution in [0.1, 0.15) is 12.0 Å². The van der Waals surface area contributed by atoms with Crippen LogP contribution < -0.4 is 15.5 Å². The minimum Gasteiger partial charge on any atom is -0.347 e. The van der Waals surface area contributed by atoms with Gasteiger partial charge in [-0.2, -0.15) is 13.2 Å². The number of nitrogens with one attached hydrogen (secondary N) is 2. The van der Waals surface area contributed by atoms with Crippen LogP contribution in [0.15, 0.2) is 54.6 Å². The Kier molecular flexibility index (Phi) is 6.39. The molecule has 0 spiro atoms. The molecule has 9 heteroatoms. The minimum absolute atomic E-state index is 0.109. The highest BCUT2D eigenvalue weighted by molar-refractivity contribution is 6.03. The second kappa shape index (κ2) is 8.98. The van der Waals surface area contributed by atoms with Crippen LogP contribution >= 0.6 is 0 Å². The van der Waals surface area contributed by atoms with E-state index in [1.165, 1.54) is 0 Å². The molecule has 2 aromatic carbocycles. The Morgan fingerprint density at radius 1 is 1.03 bits per heavy atom. The zero-order valence-electron chi connectivity index (χ0n) is 15.9. The van der Waals surface area contributed by atoms with E-state index < -0.39 is 24.5 Å². The normalized spacial score (nSPS) is 16.4. The van der Waals surface area contributed by atoms with Crippen molar-refractivity contribution in [2.24, 2.45) is 5.92 Å². The van der Waals surface area contributed by atoms with E-state index in [2.05, 4.69) is 5.32 Å². The maximum atomic E-state index is 12.5. The van der Waals surface area contributed by atoms with Gasteiger partial charge in [0.05, 0.1) is 12.3 Å². The van der Waals surface area contributed by atoms with Crippen LogP contribution in [0.4, 0.5) is 24.5 Å². The zero-order chi connectivity index (χ0) is 21.7. The fourth-order valence-electron chi connectivity index (χ4n) is 3.14. The molecule has 1 aliphatic heterocycles. The summed E-state index contributed by atoms with van der Waals surface area (Å²) in [5.74, 6) is -1.65. The van der Waals surface area contributed by atoms with Gasteiger partial charge in [0.15, 0.2) is 0 Å². The molecule has 1 unspecified atom stereocenters. The monoisotopic (exact) mass is 419 g/mol. The molecule has 0 bridgehead atoms. The molecule has 30 heavy (non-hydrogen) atoms. The van der Waals surface area contributed by atoms with Gasteiger partial charge in [-0.1, -0.05) is 30.3 Å². The molecule has 3 amide bonds. The van der Waals surface area contributed by atoms with E-state index in [9.17, 15) is 27.6 Å². The molecule has 1 atom stereocenters. The van der Waals surface area contributed by atoms with Crippen molar-refractivity contribution in [2.75, 3.05) is 23.3 Å². The van der Waals surface area contributed by atoms with Gasteiger partial charge in [-0.15, -0.1) is 0 Å². The summed E-state index contributed by atoms with van der Waals surface area (Å²) in [7, 11) is 0. The average molecular weight is 419 g/mol. The van der Waals surface area contributed by atoms with E-state index in [4.69, 9.17) is 0 Å². The number of rotatable bonds is 6. The highest BCUT2D eigenvalue weighted by atomic mass is 19.4. The SMILES string of the molecule is O=C(Cc1ccc(NC(=O)C2CC(=O)N(c3ccccc3)C2)cc1)NCC(F)(F)F. The number of para-hydroxylation sites is 1. The van der Waals surface area contributed by atoms with Crippen LogP contribution in [-0.4, -0.2) is 37.0 Å². The summed E-state index contributed by atoms with van der Waals surface area (Å²) >= 11 is 0. The number of anilines is 2. The summed E-state index contributed by atoms with van der Waals surface area (Å²) in [5.41, 5.74) is 1.73. The van der Waals surface area contributed by atoms with Crippen LogP contribution in [0.3, 0.4) is 0 Å². The Bertz CT molecular complexity index is 915. The number of halogens is 3. The highest BCUT2D eigenvalue weighted by Gasteiger charge is 2.35. The summed E-state index contributed by atoms with van der Waals surface area (Å²) in [5, 5.41) is 4.54. The van der Waals surface area contributed by atoms with E-state index in [1.807, 2.05) is 30.3 Å². The Hall–Kier alpha value is -3.36. The zero-order valence-corrected chi connectivity index (χ0v) is 15.9. The molecule has 0 aliphatic carbocycles. The number of hydrogen-bond donors (Lipinski definition) is 2. The smallest absolute Gasteiger partial charge is 0.347 e. The molecule has 2 aromatic rings. The third kappa shape index (κ3) is 5.82. The molecule has 0 radical (unpaired) electrons. The lowest BCUT2D eigenvalue weighted by Crippen LogP contribution is -2.34. The fourth-order valence-corrected chi connectivity index (χ4v) is 3.14. The molecular formula is C21H20F3N3O3. The van der Waals surface area contributed by atoms with E-state index in [0.717, 1.165) is 5.69 Å². The van der Waals surface area contributed by atoms with Crippen molar-refractivity contribution in [2.45, 2.75) is 19.0 Å². The van der Waals surface area contributed by atoms with Gasteiger partial charge in [0, 0.05) is 24.3 Å². The average Bonchev–Trinajstić information content (AvgIpc) is 3.10. The van der Waals surface area contributed by atoms with Crippen LogP contribution in [0.25, 0.3) is 0 Å². The van der Waals surface area contributed by atoms with Gasteiger partial charge in [0.1, 0.15) is 6.54 Å². The minimum atomic E-state index is -4.46. The molecule has 1 fully saturated rings. The quantitative estimate of drug-likeness (QED) is 0.756. The van der Waals surface area contributed by atoms with Crippen molar-refractivity contribution in [3.63, 3.8) is 0 Å². The van der Waals surface area contributed by atoms with Gasteiger partial charge in [0.25, 0.3) is 0 Å². The maximum Gasteiger partial charge on any atom is 0.405 e. The molecule has 6 nitrogen and oxygen atoms in total. The highest BCUT2D eigenvalue weighted by Crippen LogP contribution is 2.26. The van der Waals surface area contributed by atoms with E-state index in [0.29, 0.717) is 11.3 Å². The number of benzene rings is 2. The third-order valence-corrected chi connectivity index (χ3v) is 4.64. The van der Waals surface area contributed by atoms with Crippen LogP contribution in [0, 0.1) is 5.92 Å². The van der Waals surface area contributed by atoms with E-state index in [1.54, 1.807) is 34.5 Å². The lowest BCUT2D eigenvalue weighted by atomic mass is 10.1. The predicted molar refractivity (Wildman–Crippen MR) is 105 cm³/mol. The van der Waals surface area contributed by atoms with Crippen LogP contribution in [-0.2, 0) is 20.8 Å². The first-order chi connectivity index (χ1) is 14.2. The van der Waals surface area contributed by atoms with Crippen molar-refractivity contribution >= 4 is 29.1 Å². The van der Waals surface area contributed by atoms with Crippen molar-refractivity contribution in [1.82, 2.24) is 5.32 Å². The van der Waals surface area contributed by atoms with Gasteiger partial charge in [-0.05, 0) is 29.8 Å². The molecule has 3 rings (SSSR count). The molecular weight excluding hydrogens is 399 g/mol. The lowest BCUT2D eigenvalue weighted by Gasteiger charge is -2.16. The number of alkyl halides is 3. The topological polar surface area (TPSA) is 78.5 Å². The Morgan fingerprint density at radius 3 is 2.33 bits per heavy atom. The van der Waals surface area contributed by atoms with Crippen LogP contribution in [0.5, 0.6) is 0 Å². The first kappa shape index (κ1) is 21.4. The molecule has 0 aromatic heterocycles. The van der Waals surface area contributed by atoms with Crippen molar-refractivity contribution in [1.29, 1.82) is 0 Å². The van der Waals surface area contributed by atoms with Crippen molar-refractivity contribution in [3.05, 3.63) is 60.2 Å². The molecule has 0 saturated carbocycles. The van der Waals surface area contributed by atoms with Crippen molar-refractivity contribution in [3.8, 4) is 0 Å². The summed E-state index contributed by atoms with van der Waals surface area (Å²) in [6, 6.07) is 15.3. The molecule has 1 saturated heterocycles. The summed E-state index contributed by atoms with van der Waals surface area (Å²) in [6.07, 6.45) is -4.55. The Labute approximate surface area is 171 Å². The Morgan fingerprint density at radius 2 is 1.70 bits per heavy atom. The van der Waals surface area contributed by atoms with Gasteiger partial charge < -0.3 is 15.5 Å². The number of carbonyl (C=O) groups excluding carboxylic acids is 3. The first-order valence-electron chi connectivity index (χ1n) is 9.30. The third-order valence-electron chi connectivity index (χ3n) is 4.64. The van der Waals surface area contributed by atoms with Crippen molar-refractivity contribution < 1.29 is 27.6 Å². The maximum absolute atomic E-state index is 12.5. The second-order valence-electron chi connectivity index (χ2n) is 7.00. The van der Waals surface area contributed by atoms with Gasteiger partial charge in [0.2, 0.25) is 17.7 Å². The summed E-state index contributed by atoms with van der Waals surface area (Å²) < 4.78 is 36.4. The van der Waals surface area contributed by atoms with Gasteiger partial charge in [-0.3, -0.25) is 14.4 Å². The Balaban J connectivity index is 1.52. The second-order valence-corrected chi connectivity index (χ2v) is 7.00. The number of amides is 3. The fraction of sp³-hybridized carbons (Fsp3) is 0.286. The molecule has 1 aliphatic rings. The summed E-state index contributed by atoms with van der Waals surface area (Å²) in [6.45, 7) is -1.09. The van der Waals surface area contributed by atoms with Gasteiger partial charge >= 0.3 is 6.18 Å². The molecule has 1 heterocycles. The van der Waals surface area contributed by atoms with E-state index >= 15 is 0 Å². The first-order valence-corrected chi connectivity index (χ1v) is 9.30. The van der Waals surface area contributed by atoms with E-state index in [-0.39, 0.29) is 31.2 Å². The van der Waals surface area contributed by atoms with Crippen LogP contribution in [0.2, 0.25) is 0 Å². The lowest BCUT2D eigenvalue weighted by molar-refractivity contribution is -0.138. The number of hydrogen-bond acceptors (Lipinski definition) is 3. The standard InChI is InChI=1S/C21H20F3N3O3/c22-21(23,24)13-25-18(28)10-14-6-8-16(9-7-14)26-20(30)15-11-19(29)27(12-15)17-4-2-1-3-5-17/h1-9,15H,10-13H2,(H,25,28)(H,26,30). The molecule has 2 N–H and O–H groups in total. The van der Waals surface area contributed by atoms with Gasteiger partial charge in [-0.25, -0.2) is 0 Å². The number of carbonyl (C=O) groups is 3. The predicted octanol–water partition coefficient (Wildman–Crippen LogP) is 2.90. The summed E-state index contributed by atoms with van der Waals surface area (Å²) in [4.78, 5) is 37.9. The largest absolute Gasteiger partial charge is 0.405 e. The molecule has 158 valence electrons.